The van der Waals surface area contributed by atoms with Gasteiger partial charge in [0.2, 0.25) is 0 Å². The monoisotopic (exact) mass is 387 g/mol. The Morgan fingerprint density at radius 2 is 2.00 bits per heavy atom. The van der Waals surface area contributed by atoms with E-state index in [9.17, 15) is 4.79 Å². The van der Waals surface area contributed by atoms with Crippen molar-refractivity contribution in [1.29, 1.82) is 0 Å². The molecular formula is C20H25N3O3S. The molecule has 4 heterocycles. The molecule has 3 aliphatic rings. The van der Waals surface area contributed by atoms with Crippen LogP contribution < -0.4 is 0 Å². The van der Waals surface area contributed by atoms with Crippen LogP contribution in [0.3, 0.4) is 0 Å². The van der Waals surface area contributed by atoms with Crippen LogP contribution in [0.2, 0.25) is 0 Å². The average Bonchev–Trinajstić information content (AvgIpc) is 3.13. The number of hydrogen-bond donors (Lipinski definition) is 0. The molecule has 1 atom stereocenters. The molecular weight excluding hydrogens is 362 g/mol. The van der Waals surface area contributed by atoms with Crippen molar-refractivity contribution in [3.8, 4) is 0 Å². The standard InChI is InChI=1S/C20H25N3O3S/c1-3-15-17(4-2)27-13-16-18(20(24)22-7-10-25-11-8-22)21-23(19(15)16)14-6-5-9-26-12-14/h3-4,14H,1-2,5-13H2. The van der Waals surface area contributed by atoms with Crippen LogP contribution in [-0.4, -0.2) is 60.1 Å². The van der Waals surface area contributed by atoms with Gasteiger partial charge < -0.3 is 14.4 Å². The number of nitrogens with zero attached hydrogens (tertiary/aromatic N) is 3. The van der Waals surface area contributed by atoms with E-state index in [-0.39, 0.29) is 11.9 Å². The highest BCUT2D eigenvalue weighted by Crippen LogP contribution is 2.42. The second kappa shape index (κ2) is 8.04. The second-order valence-corrected chi connectivity index (χ2v) is 7.89. The molecule has 0 N–H and O–H groups in total. The number of carbonyl (C=O) groups is 1. The molecule has 1 unspecified atom stereocenters. The molecule has 4 rings (SSSR count). The van der Waals surface area contributed by atoms with Crippen LogP contribution in [0.25, 0.3) is 5.57 Å². The molecule has 0 bridgehead atoms. The van der Waals surface area contributed by atoms with Gasteiger partial charge in [0.1, 0.15) is 0 Å². The molecule has 1 aromatic heterocycles. The summed E-state index contributed by atoms with van der Waals surface area (Å²) in [6, 6.07) is 0.142. The van der Waals surface area contributed by atoms with Crippen LogP contribution >= 0.6 is 11.8 Å². The second-order valence-electron chi connectivity index (χ2n) is 6.87. The maximum Gasteiger partial charge on any atom is 0.274 e. The lowest BCUT2D eigenvalue weighted by atomic mass is 10.0. The third kappa shape index (κ3) is 3.39. The van der Waals surface area contributed by atoms with Crippen LogP contribution in [0, 0.1) is 0 Å². The molecule has 2 saturated heterocycles. The van der Waals surface area contributed by atoms with Gasteiger partial charge in [-0.05, 0) is 12.8 Å². The fourth-order valence-electron chi connectivity index (χ4n) is 3.87. The summed E-state index contributed by atoms with van der Waals surface area (Å²) in [5, 5.41) is 4.83. The highest BCUT2D eigenvalue weighted by molar-refractivity contribution is 8.02. The van der Waals surface area contributed by atoms with Gasteiger partial charge >= 0.3 is 0 Å². The Bertz CT molecular complexity index is 787. The van der Waals surface area contributed by atoms with E-state index in [0.717, 1.165) is 41.2 Å². The van der Waals surface area contributed by atoms with E-state index in [1.807, 2.05) is 21.7 Å². The third-order valence-corrected chi connectivity index (χ3v) is 6.40. The molecule has 1 amide bonds. The highest BCUT2D eigenvalue weighted by Gasteiger charge is 2.33. The Labute approximate surface area is 163 Å². The van der Waals surface area contributed by atoms with Gasteiger partial charge in [0.05, 0.1) is 31.6 Å². The molecule has 0 aliphatic carbocycles. The smallest absolute Gasteiger partial charge is 0.274 e. The zero-order chi connectivity index (χ0) is 18.8. The van der Waals surface area contributed by atoms with Crippen molar-refractivity contribution in [3.05, 3.63) is 47.2 Å². The van der Waals surface area contributed by atoms with Crippen molar-refractivity contribution < 1.29 is 14.3 Å². The lowest BCUT2D eigenvalue weighted by Crippen LogP contribution is -2.41. The summed E-state index contributed by atoms with van der Waals surface area (Å²) in [6.07, 6.45) is 5.72. The highest BCUT2D eigenvalue weighted by atomic mass is 32.2. The molecule has 27 heavy (non-hydrogen) atoms. The summed E-state index contributed by atoms with van der Waals surface area (Å²) < 4.78 is 13.1. The predicted octanol–water partition coefficient (Wildman–Crippen LogP) is 3.04. The molecule has 0 radical (unpaired) electrons. The Morgan fingerprint density at radius 1 is 1.19 bits per heavy atom. The van der Waals surface area contributed by atoms with Crippen LogP contribution in [0.5, 0.6) is 0 Å². The Kier molecular flexibility index (Phi) is 5.52. The predicted molar refractivity (Wildman–Crippen MR) is 107 cm³/mol. The van der Waals surface area contributed by atoms with Gasteiger partial charge in [-0.1, -0.05) is 25.3 Å². The van der Waals surface area contributed by atoms with Crippen LogP contribution in [0.1, 0.15) is 40.6 Å². The first-order valence-electron chi connectivity index (χ1n) is 9.43. The van der Waals surface area contributed by atoms with E-state index in [1.165, 1.54) is 0 Å². The van der Waals surface area contributed by atoms with E-state index in [4.69, 9.17) is 14.6 Å². The van der Waals surface area contributed by atoms with E-state index < -0.39 is 0 Å². The van der Waals surface area contributed by atoms with E-state index in [0.29, 0.717) is 44.4 Å². The fraction of sp³-hybridized carbons (Fsp3) is 0.500. The molecule has 6 nitrogen and oxygen atoms in total. The van der Waals surface area contributed by atoms with Gasteiger partial charge in [-0.15, -0.1) is 11.8 Å². The van der Waals surface area contributed by atoms with Crippen LogP contribution in [0.4, 0.5) is 0 Å². The molecule has 7 heteroatoms. The van der Waals surface area contributed by atoms with Crippen molar-refractivity contribution in [2.24, 2.45) is 0 Å². The number of morpholine rings is 1. The molecule has 0 saturated carbocycles. The zero-order valence-corrected chi connectivity index (χ0v) is 16.3. The van der Waals surface area contributed by atoms with Gasteiger partial charge in [0.25, 0.3) is 5.91 Å². The Hall–Kier alpha value is -1.83. The van der Waals surface area contributed by atoms with Gasteiger partial charge in [-0.2, -0.15) is 5.10 Å². The minimum atomic E-state index is -0.00362. The summed E-state index contributed by atoms with van der Waals surface area (Å²) in [6.45, 7) is 11.8. The molecule has 3 aliphatic heterocycles. The minimum Gasteiger partial charge on any atom is -0.379 e. The van der Waals surface area contributed by atoms with Crippen molar-refractivity contribution in [1.82, 2.24) is 14.7 Å². The first-order valence-corrected chi connectivity index (χ1v) is 10.4. The number of amides is 1. The number of hydrogen-bond acceptors (Lipinski definition) is 5. The summed E-state index contributed by atoms with van der Waals surface area (Å²) >= 11 is 1.69. The SMILES string of the molecule is C=CC1=C(C=C)c2c(c(C(=O)N3CCOCC3)nn2C2CCCOC2)CS1. The van der Waals surface area contributed by atoms with Gasteiger partial charge in [-0.3, -0.25) is 9.48 Å². The van der Waals surface area contributed by atoms with E-state index in [2.05, 4.69) is 13.2 Å². The maximum absolute atomic E-state index is 13.2. The van der Waals surface area contributed by atoms with Crippen molar-refractivity contribution in [2.45, 2.75) is 24.6 Å². The Balaban J connectivity index is 1.80. The average molecular weight is 388 g/mol. The van der Waals surface area contributed by atoms with Crippen molar-refractivity contribution in [3.63, 3.8) is 0 Å². The minimum absolute atomic E-state index is 0.00362. The van der Waals surface area contributed by atoms with E-state index >= 15 is 0 Å². The molecule has 0 spiro atoms. The lowest BCUT2D eigenvalue weighted by Gasteiger charge is -2.26. The number of rotatable bonds is 4. The normalized spacial score (nSPS) is 23.1. The van der Waals surface area contributed by atoms with E-state index in [1.54, 1.807) is 11.8 Å². The van der Waals surface area contributed by atoms with Gasteiger partial charge in [-0.25, -0.2) is 0 Å². The topological polar surface area (TPSA) is 56.6 Å². The quantitative estimate of drug-likeness (QED) is 0.795. The van der Waals surface area contributed by atoms with Gasteiger partial charge in [0, 0.05) is 41.5 Å². The number of aromatic nitrogens is 2. The molecule has 0 aromatic carbocycles. The first-order chi connectivity index (χ1) is 13.2. The number of ether oxygens (including phenoxy) is 2. The number of thioether (sulfide) groups is 1. The van der Waals surface area contributed by atoms with Crippen molar-refractivity contribution in [2.75, 3.05) is 39.5 Å². The summed E-state index contributed by atoms with van der Waals surface area (Å²) in [4.78, 5) is 16.1. The molecule has 2 fully saturated rings. The molecule has 1 aromatic rings. The lowest BCUT2D eigenvalue weighted by molar-refractivity contribution is 0.0295. The van der Waals surface area contributed by atoms with Crippen LogP contribution in [0.15, 0.2) is 30.2 Å². The number of carbonyl (C=O) groups excluding carboxylic acids is 1. The summed E-state index contributed by atoms with van der Waals surface area (Å²) in [5.41, 5.74) is 3.58. The summed E-state index contributed by atoms with van der Waals surface area (Å²) in [5.74, 6) is 0.712. The van der Waals surface area contributed by atoms with Crippen LogP contribution in [-0.2, 0) is 15.2 Å². The molecule has 144 valence electrons. The maximum atomic E-state index is 13.2. The zero-order valence-electron chi connectivity index (χ0n) is 15.5. The number of fused-ring (bicyclic) bond motifs is 1. The fourth-order valence-corrected chi connectivity index (χ4v) is 4.90. The number of allylic oxidation sites excluding steroid dienone is 3. The van der Waals surface area contributed by atoms with Gasteiger partial charge in [0.15, 0.2) is 5.69 Å². The van der Waals surface area contributed by atoms with Crippen molar-refractivity contribution >= 4 is 23.2 Å². The third-order valence-electron chi connectivity index (χ3n) is 5.27. The first kappa shape index (κ1) is 18.5. The Morgan fingerprint density at radius 3 is 2.67 bits per heavy atom. The largest absolute Gasteiger partial charge is 0.379 e. The summed E-state index contributed by atoms with van der Waals surface area (Å²) in [7, 11) is 0.